The molecule has 0 spiro atoms. The molecule has 20 heavy (non-hydrogen) atoms. The number of rotatable bonds is 1. The minimum absolute atomic E-state index is 0.304. The molecule has 0 saturated carbocycles. The summed E-state index contributed by atoms with van der Waals surface area (Å²) in [5, 5.41) is 5.11. The molecule has 0 saturated heterocycles. The van der Waals surface area contributed by atoms with Gasteiger partial charge in [-0.3, -0.25) is 4.98 Å². The maximum absolute atomic E-state index is 12.0. The highest BCUT2D eigenvalue weighted by molar-refractivity contribution is 5.91. The molecule has 0 radical (unpaired) electrons. The van der Waals surface area contributed by atoms with Crippen molar-refractivity contribution < 1.29 is 0 Å². The molecule has 0 amide bonds. The zero-order chi connectivity index (χ0) is 13.5. The number of fused-ring (bicyclic) bond motifs is 3. The smallest absolute Gasteiger partial charge is 0.305 e. The topological polar surface area (TPSA) is 75.9 Å². The van der Waals surface area contributed by atoms with Crippen LogP contribution in [0.2, 0.25) is 0 Å². The molecule has 0 unspecified atom stereocenters. The van der Waals surface area contributed by atoms with Crippen molar-refractivity contribution in [2.24, 2.45) is 0 Å². The second kappa shape index (κ2) is 3.99. The van der Waals surface area contributed by atoms with E-state index >= 15 is 0 Å². The van der Waals surface area contributed by atoms with Crippen LogP contribution in [0.3, 0.4) is 0 Å². The summed E-state index contributed by atoms with van der Waals surface area (Å²) in [6.07, 6.45) is 3.35. The number of hydrogen-bond acceptors (Lipinski definition) is 4. The molecule has 0 bridgehead atoms. The minimum Gasteiger partial charge on any atom is -0.305 e. The van der Waals surface area contributed by atoms with Gasteiger partial charge in [-0.1, -0.05) is 12.1 Å². The van der Waals surface area contributed by atoms with Crippen molar-refractivity contribution in [3.8, 4) is 11.4 Å². The van der Waals surface area contributed by atoms with Crippen molar-refractivity contribution >= 4 is 16.6 Å². The summed E-state index contributed by atoms with van der Waals surface area (Å²) >= 11 is 0. The Morgan fingerprint density at radius 3 is 2.85 bits per heavy atom. The summed E-state index contributed by atoms with van der Waals surface area (Å²) < 4.78 is 1.28. The highest BCUT2D eigenvalue weighted by Gasteiger charge is 2.11. The lowest BCUT2D eigenvalue weighted by Gasteiger charge is -1.97. The zero-order valence-electron chi connectivity index (χ0n) is 10.3. The van der Waals surface area contributed by atoms with E-state index in [-0.39, 0.29) is 5.69 Å². The maximum Gasteiger partial charge on any atom is 0.348 e. The predicted molar refractivity (Wildman–Crippen MR) is 74.3 cm³/mol. The highest BCUT2D eigenvalue weighted by Crippen LogP contribution is 2.18. The minimum atomic E-state index is -0.304. The summed E-state index contributed by atoms with van der Waals surface area (Å²) in [6, 6.07) is 11.2. The summed E-state index contributed by atoms with van der Waals surface area (Å²) in [5.74, 6) is 0.486. The molecule has 1 aromatic carbocycles. The Morgan fingerprint density at radius 1 is 1.10 bits per heavy atom. The molecule has 6 nitrogen and oxygen atoms in total. The van der Waals surface area contributed by atoms with Gasteiger partial charge in [-0.25, -0.2) is 9.78 Å². The number of nitrogens with zero attached hydrogens (tertiary/aromatic N) is 4. The van der Waals surface area contributed by atoms with E-state index in [0.29, 0.717) is 11.5 Å². The van der Waals surface area contributed by atoms with Crippen LogP contribution in [-0.4, -0.2) is 24.6 Å². The van der Waals surface area contributed by atoms with E-state index in [2.05, 4.69) is 20.1 Å². The summed E-state index contributed by atoms with van der Waals surface area (Å²) in [6.45, 7) is 0. The van der Waals surface area contributed by atoms with Crippen molar-refractivity contribution in [2.75, 3.05) is 0 Å². The van der Waals surface area contributed by atoms with Crippen LogP contribution in [0.5, 0.6) is 0 Å². The molecule has 0 aliphatic carbocycles. The fourth-order valence-electron chi connectivity index (χ4n) is 2.20. The van der Waals surface area contributed by atoms with Gasteiger partial charge in [-0.05, 0) is 24.3 Å². The fraction of sp³-hybridized carbons (Fsp3) is 0. The molecule has 3 heterocycles. The third kappa shape index (κ3) is 1.51. The van der Waals surface area contributed by atoms with E-state index in [9.17, 15) is 4.79 Å². The van der Waals surface area contributed by atoms with Gasteiger partial charge in [-0.15, -0.1) is 5.10 Å². The quantitative estimate of drug-likeness (QED) is 0.566. The van der Waals surface area contributed by atoms with E-state index < -0.39 is 0 Å². The molecular weight excluding hydrogens is 254 g/mol. The molecule has 0 aliphatic heterocycles. The highest BCUT2D eigenvalue weighted by atomic mass is 16.1. The number of nitrogens with one attached hydrogen (secondary N) is 1. The summed E-state index contributed by atoms with van der Waals surface area (Å²) in [4.78, 5) is 23.3. The largest absolute Gasteiger partial charge is 0.348 e. The predicted octanol–water partition coefficient (Wildman–Crippen LogP) is 1.63. The van der Waals surface area contributed by atoms with Gasteiger partial charge in [0.2, 0.25) is 0 Å². The van der Waals surface area contributed by atoms with Crippen LogP contribution in [0.1, 0.15) is 0 Å². The van der Waals surface area contributed by atoms with Crippen LogP contribution < -0.4 is 5.69 Å². The van der Waals surface area contributed by atoms with Gasteiger partial charge in [0.25, 0.3) is 0 Å². The Bertz CT molecular complexity index is 971. The van der Waals surface area contributed by atoms with Crippen molar-refractivity contribution in [3.63, 3.8) is 0 Å². The Morgan fingerprint density at radius 2 is 2.00 bits per heavy atom. The van der Waals surface area contributed by atoms with Crippen molar-refractivity contribution in [3.05, 3.63) is 59.3 Å². The number of para-hydroxylation sites is 1. The van der Waals surface area contributed by atoms with E-state index in [4.69, 9.17) is 0 Å². The van der Waals surface area contributed by atoms with Gasteiger partial charge >= 0.3 is 5.69 Å². The first-order valence-corrected chi connectivity index (χ1v) is 6.11. The van der Waals surface area contributed by atoms with Crippen molar-refractivity contribution in [1.82, 2.24) is 24.6 Å². The van der Waals surface area contributed by atoms with Gasteiger partial charge in [0.15, 0.2) is 11.5 Å². The molecular formula is C14H9N5O. The number of hydrogen-bond donors (Lipinski definition) is 1. The summed E-state index contributed by atoms with van der Waals surface area (Å²) in [7, 11) is 0. The Hall–Kier alpha value is -3.02. The number of H-pyrrole nitrogens is 1. The number of aromatic nitrogens is 5. The number of aromatic amines is 1. The standard InChI is InChI=1S/C14H9N5O/c20-14-16-11-6-2-1-5-10(11)13-17-12(18-19(13)14)9-4-3-7-15-8-9/h1-8H,(H,16,20). The molecule has 0 aliphatic rings. The van der Waals surface area contributed by atoms with Gasteiger partial charge < -0.3 is 4.98 Å². The zero-order valence-corrected chi connectivity index (χ0v) is 10.3. The molecule has 1 N–H and O–H groups in total. The normalized spacial score (nSPS) is 11.2. The number of benzene rings is 1. The van der Waals surface area contributed by atoms with Crippen LogP contribution in [0, 0.1) is 0 Å². The SMILES string of the molecule is O=c1[nH]c2ccccc2c2nc(-c3cccnc3)nn12. The maximum atomic E-state index is 12.0. The third-order valence-electron chi connectivity index (χ3n) is 3.13. The molecule has 0 atom stereocenters. The van der Waals surface area contributed by atoms with Crippen LogP contribution in [0.4, 0.5) is 0 Å². The van der Waals surface area contributed by atoms with E-state index in [0.717, 1.165) is 16.5 Å². The van der Waals surface area contributed by atoms with Gasteiger partial charge in [0.05, 0.1) is 5.52 Å². The van der Waals surface area contributed by atoms with E-state index in [1.54, 1.807) is 12.4 Å². The molecule has 3 aromatic heterocycles. The first-order chi connectivity index (χ1) is 9.83. The third-order valence-corrected chi connectivity index (χ3v) is 3.13. The molecule has 96 valence electrons. The van der Waals surface area contributed by atoms with Crippen LogP contribution in [0.25, 0.3) is 27.9 Å². The molecule has 6 heteroatoms. The van der Waals surface area contributed by atoms with Gasteiger partial charge in [-0.2, -0.15) is 4.52 Å². The Balaban J connectivity index is 2.11. The summed E-state index contributed by atoms with van der Waals surface area (Å²) in [5.41, 5.74) is 1.76. The lowest BCUT2D eigenvalue weighted by Crippen LogP contribution is -2.17. The fourth-order valence-corrected chi connectivity index (χ4v) is 2.20. The van der Waals surface area contributed by atoms with Gasteiger partial charge in [0.1, 0.15) is 0 Å². The van der Waals surface area contributed by atoms with E-state index in [1.165, 1.54) is 4.52 Å². The van der Waals surface area contributed by atoms with Crippen molar-refractivity contribution in [2.45, 2.75) is 0 Å². The average Bonchev–Trinajstić information content (AvgIpc) is 2.94. The Kier molecular flexibility index (Phi) is 2.17. The van der Waals surface area contributed by atoms with Crippen LogP contribution in [0.15, 0.2) is 53.6 Å². The first kappa shape index (κ1) is 10.9. The average molecular weight is 263 g/mol. The van der Waals surface area contributed by atoms with Crippen molar-refractivity contribution in [1.29, 1.82) is 0 Å². The Labute approximate surface area is 112 Å². The second-order valence-electron chi connectivity index (χ2n) is 4.39. The molecule has 0 fully saturated rings. The lowest BCUT2D eigenvalue weighted by molar-refractivity contribution is 0.885. The second-order valence-corrected chi connectivity index (χ2v) is 4.39. The lowest BCUT2D eigenvalue weighted by atomic mass is 10.2. The molecule has 4 rings (SSSR count). The number of pyridine rings is 1. The van der Waals surface area contributed by atoms with Crippen LogP contribution in [-0.2, 0) is 0 Å². The molecule has 4 aromatic rings. The van der Waals surface area contributed by atoms with Crippen LogP contribution >= 0.6 is 0 Å². The monoisotopic (exact) mass is 263 g/mol. The van der Waals surface area contributed by atoms with Gasteiger partial charge in [0, 0.05) is 23.3 Å². The first-order valence-electron chi connectivity index (χ1n) is 6.11. The van der Waals surface area contributed by atoms with E-state index in [1.807, 2.05) is 36.4 Å².